The molecule has 0 N–H and O–H groups in total. The second kappa shape index (κ2) is 11.4. The maximum Gasteiger partial charge on any atom is 0.180 e. The molecule has 0 spiro atoms. The predicted octanol–water partition coefficient (Wildman–Crippen LogP) is 13.2. The predicted molar refractivity (Wildman–Crippen MR) is 214 cm³/mol. The van der Waals surface area contributed by atoms with E-state index in [9.17, 15) is 0 Å². The molecule has 3 heterocycles. The third kappa shape index (κ3) is 4.47. The summed E-state index contributed by atoms with van der Waals surface area (Å²) in [6.45, 7) is 0. The van der Waals surface area contributed by atoms with Gasteiger partial charge in [0.15, 0.2) is 11.4 Å². The molecule has 0 saturated heterocycles. The number of benzene rings is 7. The third-order valence-corrected chi connectivity index (χ3v) is 10.6. The van der Waals surface area contributed by atoms with Gasteiger partial charge in [-0.05, 0) is 81.6 Å². The molecule has 0 bridgehead atoms. The van der Waals surface area contributed by atoms with Crippen molar-refractivity contribution in [2.75, 3.05) is 0 Å². The molecular formula is C48H30N2O2. The molecule has 11 rings (SSSR count). The molecule has 1 aliphatic carbocycles. The standard InChI is InChI=1S/C48H30N2O2/c1-2-12-32(13-3-1)44-47-45(37-17-8-9-19-41(37)51-47)50-48(49-44)38-18-10-20-42-43(38)40-28-39(35-15-6-7-16-36(35)46(40)52-42)31-24-21-30(22-25-31)34-26-23-29-11-4-5-14-33(29)27-34/h1-21,23-24,26-28H,22,25H2. The number of fused-ring (bicyclic) bond motifs is 9. The van der Waals surface area contributed by atoms with Crippen molar-refractivity contribution in [1.29, 1.82) is 0 Å². The minimum absolute atomic E-state index is 0.640. The number of allylic oxidation sites excluding steroid dienone is 4. The summed E-state index contributed by atoms with van der Waals surface area (Å²) in [4.78, 5) is 10.5. The summed E-state index contributed by atoms with van der Waals surface area (Å²) in [5, 5.41) is 7.88. The van der Waals surface area contributed by atoms with Crippen LogP contribution in [0.4, 0.5) is 0 Å². The molecule has 0 radical (unpaired) electrons. The van der Waals surface area contributed by atoms with E-state index >= 15 is 0 Å². The first-order valence-corrected chi connectivity index (χ1v) is 17.8. The van der Waals surface area contributed by atoms with Gasteiger partial charge in [0.05, 0.1) is 0 Å². The molecule has 0 unspecified atom stereocenters. The van der Waals surface area contributed by atoms with E-state index in [0.717, 1.165) is 73.5 Å². The van der Waals surface area contributed by atoms with Gasteiger partial charge in [0.2, 0.25) is 0 Å². The van der Waals surface area contributed by atoms with Gasteiger partial charge in [-0.3, -0.25) is 0 Å². The molecule has 10 aromatic rings. The molecule has 0 aliphatic heterocycles. The maximum atomic E-state index is 6.73. The van der Waals surface area contributed by atoms with Crippen molar-refractivity contribution in [3.8, 4) is 22.6 Å². The Morgan fingerprint density at radius 3 is 2.02 bits per heavy atom. The van der Waals surface area contributed by atoms with E-state index in [2.05, 4.69) is 115 Å². The molecule has 7 aromatic carbocycles. The fraction of sp³-hybridized carbons (Fsp3) is 0.0417. The molecule has 0 amide bonds. The summed E-state index contributed by atoms with van der Waals surface area (Å²) in [5.74, 6) is 0.640. The highest BCUT2D eigenvalue weighted by atomic mass is 16.3. The number of hydrogen-bond donors (Lipinski definition) is 0. The molecule has 0 saturated carbocycles. The molecule has 4 heteroatoms. The van der Waals surface area contributed by atoms with E-state index in [4.69, 9.17) is 18.8 Å². The van der Waals surface area contributed by atoms with Gasteiger partial charge in [-0.1, -0.05) is 127 Å². The molecule has 1 aliphatic rings. The number of furan rings is 2. The Kier molecular flexibility index (Phi) is 6.34. The Morgan fingerprint density at radius 2 is 1.15 bits per heavy atom. The van der Waals surface area contributed by atoms with Crippen molar-refractivity contribution in [2.45, 2.75) is 12.8 Å². The average molecular weight is 667 g/mol. The highest BCUT2D eigenvalue weighted by molar-refractivity contribution is 6.21. The second-order valence-electron chi connectivity index (χ2n) is 13.6. The fourth-order valence-corrected chi connectivity index (χ4v) is 8.09. The lowest BCUT2D eigenvalue weighted by Gasteiger charge is -2.18. The lowest BCUT2D eigenvalue weighted by atomic mass is 9.86. The molecule has 0 fully saturated rings. The Hall–Kier alpha value is -6.78. The van der Waals surface area contributed by atoms with Gasteiger partial charge in [0.25, 0.3) is 0 Å². The van der Waals surface area contributed by atoms with E-state index in [-0.39, 0.29) is 0 Å². The van der Waals surface area contributed by atoms with Crippen LogP contribution in [0.5, 0.6) is 0 Å². The summed E-state index contributed by atoms with van der Waals surface area (Å²) >= 11 is 0. The Morgan fingerprint density at radius 1 is 0.442 bits per heavy atom. The zero-order valence-corrected chi connectivity index (χ0v) is 28.1. The topological polar surface area (TPSA) is 52.1 Å². The van der Waals surface area contributed by atoms with Crippen LogP contribution in [0.25, 0.3) is 99.3 Å². The van der Waals surface area contributed by atoms with Crippen LogP contribution in [0.1, 0.15) is 24.0 Å². The summed E-state index contributed by atoms with van der Waals surface area (Å²) < 4.78 is 13.1. The highest BCUT2D eigenvalue weighted by Crippen LogP contribution is 2.44. The summed E-state index contributed by atoms with van der Waals surface area (Å²) in [6, 6.07) is 50.8. The molecular weight excluding hydrogens is 637 g/mol. The lowest BCUT2D eigenvalue weighted by Crippen LogP contribution is -1.96. The van der Waals surface area contributed by atoms with Gasteiger partial charge in [0, 0.05) is 32.7 Å². The maximum absolute atomic E-state index is 6.73. The Bertz CT molecular complexity index is 3130. The number of aromatic nitrogens is 2. The van der Waals surface area contributed by atoms with Gasteiger partial charge in [-0.15, -0.1) is 0 Å². The van der Waals surface area contributed by atoms with Crippen molar-refractivity contribution in [3.63, 3.8) is 0 Å². The first-order chi connectivity index (χ1) is 25.8. The number of rotatable bonds is 4. The van der Waals surface area contributed by atoms with Crippen molar-refractivity contribution >= 4 is 76.7 Å². The quantitative estimate of drug-likeness (QED) is 0.188. The van der Waals surface area contributed by atoms with E-state index < -0.39 is 0 Å². The van der Waals surface area contributed by atoms with Crippen LogP contribution >= 0.6 is 0 Å². The van der Waals surface area contributed by atoms with Gasteiger partial charge in [-0.2, -0.15) is 0 Å². The molecule has 0 atom stereocenters. The van der Waals surface area contributed by atoms with Crippen LogP contribution in [-0.4, -0.2) is 9.97 Å². The molecule has 4 nitrogen and oxygen atoms in total. The van der Waals surface area contributed by atoms with Crippen LogP contribution in [-0.2, 0) is 0 Å². The number of nitrogens with zero attached hydrogens (tertiary/aromatic N) is 2. The van der Waals surface area contributed by atoms with E-state index in [1.54, 1.807) is 0 Å². The normalized spacial score (nSPS) is 13.5. The zero-order chi connectivity index (χ0) is 34.2. The van der Waals surface area contributed by atoms with Gasteiger partial charge in [-0.25, -0.2) is 9.97 Å². The summed E-state index contributed by atoms with van der Waals surface area (Å²) in [6.07, 6.45) is 6.55. The van der Waals surface area contributed by atoms with E-state index in [1.807, 2.05) is 42.5 Å². The monoisotopic (exact) mass is 666 g/mol. The summed E-state index contributed by atoms with van der Waals surface area (Å²) in [7, 11) is 0. The molecule has 3 aromatic heterocycles. The number of hydrogen-bond acceptors (Lipinski definition) is 4. The number of para-hydroxylation sites is 1. The van der Waals surface area contributed by atoms with Gasteiger partial charge in [0.1, 0.15) is 28.0 Å². The van der Waals surface area contributed by atoms with Gasteiger partial charge >= 0.3 is 0 Å². The average Bonchev–Trinajstić information content (AvgIpc) is 3.79. The third-order valence-electron chi connectivity index (χ3n) is 10.6. The van der Waals surface area contributed by atoms with Crippen molar-refractivity contribution in [3.05, 3.63) is 169 Å². The largest absolute Gasteiger partial charge is 0.455 e. The molecule has 244 valence electrons. The smallest absolute Gasteiger partial charge is 0.180 e. The molecule has 52 heavy (non-hydrogen) atoms. The lowest BCUT2D eigenvalue weighted by molar-refractivity contribution is 0.667. The van der Waals surface area contributed by atoms with Crippen LogP contribution in [0, 0.1) is 0 Å². The van der Waals surface area contributed by atoms with E-state index in [1.165, 1.54) is 38.4 Å². The van der Waals surface area contributed by atoms with Crippen LogP contribution in [0.15, 0.2) is 167 Å². The van der Waals surface area contributed by atoms with Crippen LogP contribution in [0.3, 0.4) is 0 Å². The van der Waals surface area contributed by atoms with Gasteiger partial charge < -0.3 is 8.83 Å². The summed E-state index contributed by atoms with van der Waals surface area (Å²) in [5.41, 5.74) is 11.9. The van der Waals surface area contributed by atoms with Crippen LogP contribution in [0.2, 0.25) is 0 Å². The highest BCUT2D eigenvalue weighted by Gasteiger charge is 2.23. The first kappa shape index (κ1) is 29.0. The second-order valence-corrected chi connectivity index (χ2v) is 13.6. The first-order valence-electron chi connectivity index (χ1n) is 17.8. The SMILES string of the molecule is C1=C(c2ccc3ccccc3c2)CCC(c2cc3c(oc4cccc(-c5nc(-c6ccccc6)c6oc7ccccc7c6n5)c43)c3ccccc23)=C1. The zero-order valence-electron chi connectivity index (χ0n) is 28.1. The van der Waals surface area contributed by atoms with Crippen molar-refractivity contribution < 1.29 is 8.83 Å². The van der Waals surface area contributed by atoms with Crippen LogP contribution < -0.4 is 0 Å². The Labute approximate surface area is 299 Å². The fourth-order valence-electron chi connectivity index (χ4n) is 8.09. The van der Waals surface area contributed by atoms with Crippen molar-refractivity contribution in [1.82, 2.24) is 9.97 Å². The Balaban J connectivity index is 1.13. The minimum Gasteiger partial charge on any atom is -0.455 e. The van der Waals surface area contributed by atoms with Crippen molar-refractivity contribution in [2.24, 2.45) is 0 Å². The minimum atomic E-state index is 0.640. The van der Waals surface area contributed by atoms with E-state index in [0.29, 0.717) is 11.4 Å².